The van der Waals surface area contributed by atoms with Crippen LogP contribution in [0.25, 0.3) is 5.69 Å². The lowest BCUT2D eigenvalue weighted by Crippen LogP contribution is -2.40. The highest BCUT2D eigenvalue weighted by molar-refractivity contribution is 5.93. The van der Waals surface area contributed by atoms with E-state index in [2.05, 4.69) is 6.92 Å². The molecule has 0 aliphatic carbocycles. The molecule has 0 bridgehead atoms. The summed E-state index contributed by atoms with van der Waals surface area (Å²) in [4.78, 5) is 26.6. The molecule has 2 heterocycles. The first kappa shape index (κ1) is 19.2. The summed E-state index contributed by atoms with van der Waals surface area (Å²) in [7, 11) is 0. The lowest BCUT2D eigenvalue weighted by molar-refractivity contribution is -0.135. The molecule has 5 heteroatoms. The number of likely N-dealkylation sites (tertiary alicyclic amines) is 1. The zero-order valence-electron chi connectivity index (χ0n) is 16.6. The molecule has 0 unspecified atom stereocenters. The first-order valence-corrected chi connectivity index (χ1v) is 9.57. The van der Waals surface area contributed by atoms with Crippen LogP contribution < -0.4 is 0 Å². The fraction of sp³-hybridized carbons (Fsp3) is 0.455. The number of hydrogen-bond donors (Lipinski definition) is 0. The van der Waals surface area contributed by atoms with E-state index in [0.717, 1.165) is 43.0 Å². The fourth-order valence-electron chi connectivity index (χ4n) is 3.61. The zero-order valence-corrected chi connectivity index (χ0v) is 16.6. The lowest BCUT2D eigenvalue weighted by atomic mass is 9.99. The minimum absolute atomic E-state index is 0.109. The Kier molecular flexibility index (Phi) is 5.68. The SMILES string of the molecule is Cc1ccc(-n2c(C)cc(C(=O)OCC(=O)N3CCC(C)CC3)c2C)cc1. The second-order valence-electron chi connectivity index (χ2n) is 7.60. The van der Waals surface area contributed by atoms with Crippen molar-refractivity contribution in [1.82, 2.24) is 9.47 Å². The van der Waals surface area contributed by atoms with Gasteiger partial charge in [-0.2, -0.15) is 0 Å². The summed E-state index contributed by atoms with van der Waals surface area (Å²) in [5.41, 5.74) is 4.48. The van der Waals surface area contributed by atoms with Crippen LogP contribution in [0.2, 0.25) is 0 Å². The largest absolute Gasteiger partial charge is 0.452 e. The third-order valence-corrected chi connectivity index (χ3v) is 5.41. The summed E-state index contributed by atoms with van der Waals surface area (Å²) >= 11 is 0. The molecule has 1 amide bonds. The first-order valence-electron chi connectivity index (χ1n) is 9.57. The maximum absolute atomic E-state index is 12.5. The smallest absolute Gasteiger partial charge is 0.340 e. The highest BCUT2D eigenvalue weighted by Crippen LogP contribution is 2.22. The van der Waals surface area contributed by atoms with Crippen LogP contribution in [0.4, 0.5) is 0 Å². The predicted octanol–water partition coefficient (Wildman–Crippen LogP) is 3.82. The fourth-order valence-corrected chi connectivity index (χ4v) is 3.61. The van der Waals surface area contributed by atoms with Crippen LogP contribution in [0, 0.1) is 26.7 Å². The van der Waals surface area contributed by atoms with Crippen LogP contribution >= 0.6 is 0 Å². The van der Waals surface area contributed by atoms with Gasteiger partial charge in [-0.05, 0) is 57.7 Å². The van der Waals surface area contributed by atoms with Crippen molar-refractivity contribution in [3.8, 4) is 5.69 Å². The normalized spacial score (nSPS) is 15.0. The van der Waals surface area contributed by atoms with Crippen LogP contribution in [0.15, 0.2) is 30.3 Å². The van der Waals surface area contributed by atoms with E-state index in [1.165, 1.54) is 5.56 Å². The van der Waals surface area contributed by atoms with Gasteiger partial charge in [0, 0.05) is 30.2 Å². The predicted molar refractivity (Wildman–Crippen MR) is 105 cm³/mol. The topological polar surface area (TPSA) is 51.5 Å². The molecule has 0 spiro atoms. The molecule has 0 radical (unpaired) electrons. The molecule has 3 rings (SSSR count). The van der Waals surface area contributed by atoms with E-state index in [4.69, 9.17) is 4.74 Å². The Morgan fingerprint density at radius 1 is 1.07 bits per heavy atom. The first-order chi connectivity index (χ1) is 12.9. The Hall–Kier alpha value is -2.56. The second-order valence-corrected chi connectivity index (χ2v) is 7.60. The summed E-state index contributed by atoms with van der Waals surface area (Å²) in [6.07, 6.45) is 2.02. The highest BCUT2D eigenvalue weighted by Gasteiger charge is 2.23. The average molecular weight is 368 g/mol. The molecule has 1 saturated heterocycles. The maximum Gasteiger partial charge on any atom is 0.340 e. The molecule has 0 atom stereocenters. The van der Waals surface area contributed by atoms with E-state index in [0.29, 0.717) is 11.5 Å². The van der Waals surface area contributed by atoms with Gasteiger partial charge in [0.25, 0.3) is 5.91 Å². The van der Waals surface area contributed by atoms with E-state index in [-0.39, 0.29) is 12.5 Å². The Balaban J connectivity index is 1.68. The number of benzene rings is 1. The van der Waals surface area contributed by atoms with Gasteiger partial charge in [0.1, 0.15) is 0 Å². The van der Waals surface area contributed by atoms with E-state index in [1.54, 1.807) is 4.90 Å². The van der Waals surface area contributed by atoms with Gasteiger partial charge in [-0.15, -0.1) is 0 Å². The molecule has 5 nitrogen and oxygen atoms in total. The quantitative estimate of drug-likeness (QED) is 0.771. The van der Waals surface area contributed by atoms with Crippen molar-refractivity contribution in [3.05, 3.63) is 52.8 Å². The zero-order chi connectivity index (χ0) is 19.6. The summed E-state index contributed by atoms with van der Waals surface area (Å²) in [5.74, 6) is 0.103. The summed E-state index contributed by atoms with van der Waals surface area (Å²) in [6.45, 7) is 9.41. The van der Waals surface area contributed by atoms with Gasteiger partial charge in [0.05, 0.1) is 5.56 Å². The van der Waals surface area contributed by atoms with Gasteiger partial charge in [-0.25, -0.2) is 4.79 Å². The van der Waals surface area contributed by atoms with Gasteiger partial charge in [-0.3, -0.25) is 4.79 Å². The second kappa shape index (κ2) is 7.99. The van der Waals surface area contributed by atoms with Gasteiger partial charge < -0.3 is 14.2 Å². The monoisotopic (exact) mass is 368 g/mol. The van der Waals surface area contributed by atoms with Crippen LogP contribution in [0.3, 0.4) is 0 Å². The number of esters is 1. The van der Waals surface area contributed by atoms with Crippen LogP contribution in [0.1, 0.15) is 47.1 Å². The Bertz CT molecular complexity index is 828. The van der Waals surface area contributed by atoms with E-state index < -0.39 is 5.97 Å². The summed E-state index contributed by atoms with van der Waals surface area (Å²) in [6, 6.07) is 9.98. The summed E-state index contributed by atoms with van der Waals surface area (Å²) in [5, 5.41) is 0. The average Bonchev–Trinajstić information content (AvgIpc) is 2.95. The highest BCUT2D eigenvalue weighted by atomic mass is 16.5. The van der Waals surface area contributed by atoms with Crippen LogP contribution in [-0.4, -0.2) is 41.0 Å². The van der Waals surface area contributed by atoms with Crippen LogP contribution in [0.5, 0.6) is 0 Å². The molecule has 1 aliphatic rings. The molecular formula is C22H28N2O3. The number of carbonyl (C=O) groups is 2. The molecule has 27 heavy (non-hydrogen) atoms. The van der Waals surface area contributed by atoms with Crippen molar-refractivity contribution in [3.63, 3.8) is 0 Å². The number of piperidine rings is 1. The van der Waals surface area contributed by atoms with E-state index in [9.17, 15) is 9.59 Å². The third-order valence-electron chi connectivity index (χ3n) is 5.41. The van der Waals surface area contributed by atoms with Gasteiger partial charge >= 0.3 is 5.97 Å². The molecular weight excluding hydrogens is 340 g/mol. The standard InChI is InChI=1S/C22H28N2O3/c1-15-5-7-19(8-6-15)24-17(3)13-20(18(24)4)22(26)27-14-21(25)23-11-9-16(2)10-12-23/h5-8,13,16H,9-12,14H2,1-4H3. The molecule has 1 aromatic heterocycles. The van der Waals surface area contributed by atoms with Crippen molar-refractivity contribution in [2.45, 2.75) is 40.5 Å². The van der Waals surface area contributed by atoms with Crippen molar-refractivity contribution >= 4 is 11.9 Å². The minimum atomic E-state index is -0.444. The van der Waals surface area contributed by atoms with Crippen LogP contribution in [-0.2, 0) is 9.53 Å². The summed E-state index contributed by atoms with van der Waals surface area (Å²) < 4.78 is 7.36. The number of carbonyl (C=O) groups excluding carboxylic acids is 2. The molecule has 0 N–H and O–H groups in total. The van der Waals surface area contributed by atoms with E-state index in [1.807, 2.05) is 55.7 Å². The molecule has 0 saturated carbocycles. The van der Waals surface area contributed by atoms with Gasteiger partial charge in [-0.1, -0.05) is 24.6 Å². The minimum Gasteiger partial charge on any atom is -0.452 e. The number of ether oxygens (including phenoxy) is 1. The van der Waals surface area contributed by atoms with E-state index >= 15 is 0 Å². The number of aryl methyl sites for hydroxylation is 2. The lowest BCUT2D eigenvalue weighted by Gasteiger charge is -2.30. The number of nitrogens with zero attached hydrogens (tertiary/aromatic N) is 2. The van der Waals surface area contributed by atoms with Gasteiger partial charge in [0.2, 0.25) is 0 Å². The number of aromatic nitrogens is 1. The number of hydrogen-bond acceptors (Lipinski definition) is 3. The molecule has 1 aromatic carbocycles. The van der Waals surface area contributed by atoms with Crippen molar-refractivity contribution in [1.29, 1.82) is 0 Å². The molecule has 144 valence electrons. The number of amides is 1. The Morgan fingerprint density at radius 3 is 2.33 bits per heavy atom. The maximum atomic E-state index is 12.5. The van der Waals surface area contributed by atoms with Gasteiger partial charge in [0.15, 0.2) is 6.61 Å². The molecule has 1 fully saturated rings. The van der Waals surface area contributed by atoms with Crippen molar-refractivity contribution in [2.24, 2.45) is 5.92 Å². The van der Waals surface area contributed by atoms with Crippen molar-refractivity contribution < 1.29 is 14.3 Å². The Labute approximate surface area is 160 Å². The molecule has 2 aromatic rings. The Morgan fingerprint density at radius 2 is 1.70 bits per heavy atom. The molecule has 1 aliphatic heterocycles. The third kappa shape index (κ3) is 4.24. The van der Waals surface area contributed by atoms with Crippen molar-refractivity contribution in [2.75, 3.05) is 19.7 Å². The number of rotatable bonds is 4.